The molecule has 0 saturated heterocycles. The molecule has 0 aliphatic carbocycles. The first-order valence-electron chi connectivity index (χ1n) is 12.0. The second-order valence-electron chi connectivity index (χ2n) is 9.03. The average molecular weight is 539 g/mol. The van der Waals surface area contributed by atoms with Gasteiger partial charge < -0.3 is 49.0 Å². The second-order valence-corrected chi connectivity index (χ2v) is 9.03. The summed E-state index contributed by atoms with van der Waals surface area (Å²) in [6.45, 7) is 3.52. The predicted octanol–water partition coefficient (Wildman–Crippen LogP) is -3.21. The number of nitrogens with two attached hydrogens (primary N) is 4. The van der Waals surface area contributed by atoms with Crippen LogP contribution in [0.5, 0.6) is 0 Å². The van der Waals surface area contributed by atoms with Gasteiger partial charge in [0.15, 0.2) is 5.96 Å². The van der Waals surface area contributed by atoms with Crippen molar-refractivity contribution in [2.75, 3.05) is 6.54 Å². The van der Waals surface area contributed by atoms with E-state index in [1.54, 1.807) is 13.8 Å². The number of primary amides is 1. The Morgan fingerprint density at radius 3 is 2.18 bits per heavy atom. The molecule has 0 bridgehead atoms. The van der Waals surface area contributed by atoms with Crippen molar-refractivity contribution >= 4 is 35.6 Å². The summed E-state index contributed by atoms with van der Waals surface area (Å²) in [5.41, 5.74) is 22.0. The number of aromatic amines is 1. The van der Waals surface area contributed by atoms with Crippen LogP contribution in [0.15, 0.2) is 17.5 Å². The van der Waals surface area contributed by atoms with E-state index in [4.69, 9.17) is 22.9 Å². The number of imidazole rings is 1. The maximum Gasteiger partial charge on any atom is 0.326 e. The Morgan fingerprint density at radius 1 is 1.00 bits per heavy atom. The number of guanidine groups is 1. The van der Waals surface area contributed by atoms with Gasteiger partial charge in [0.05, 0.1) is 12.4 Å². The molecule has 0 radical (unpaired) electrons. The molecule has 4 atom stereocenters. The molecule has 0 aromatic carbocycles. The summed E-state index contributed by atoms with van der Waals surface area (Å²) >= 11 is 0. The Bertz CT molecular complexity index is 977. The zero-order valence-electron chi connectivity index (χ0n) is 21.5. The van der Waals surface area contributed by atoms with E-state index in [9.17, 15) is 29.1 Å². The van der Waals surface area contributed by atoms with Crippen LogP contribution in [-0.4, -0.2) is 81.3 Å². The zero-order valence-corrected chi connectivity index (χ0v) is 21.5. The summed E-state index contributed by atoms with van der Waals surface area (Å²) in [5, 5.41) is 17.1. The molecular formula is C22H38N10O6. The van der Waals surface area contributed by atoms with E-state index in [1.807, 2.05) is 0 Å². The van der Waals surface area contributed by atoms with Gasteiger partial charge in [0.1, 0.15) is 18.1 Å². The van der Waals surface area contributed by atoms with E-state index in [-0.39, 0.29) is 38.2 Å². The van der Waals surface area contributed by atoms with Crippen LogP contribution in [0.4, 0.5) is 0 Å². The number of hydrogen-bond acceptors (Lipinski definition) is 8. The van der Waals surface area contributed by atoms with Crippen molar-refractivity contribution in [1.82, 2.24) is 25.9 Å². The third-order valence-electron chi connectivity index (χ3n) is 5.46. The number of H-pyrrole nitrogens is 1. The highest BCUT2D eigenvalue weighted by atomic mass is 16.4. The number of carbonyl (C=O) groups is 5. The van der Waals surface area contributed by atoms with Crippen molar-refractivity contribution in [3.8, 4) is 0 Å². The van der Waals surface area contributed by atoms with Crippen LogP contribution in [0.25, 0.3) is 0 Å². The topological polar surface area (TPSA) is 287 Å². The van der Waals surface area contributed by atoms with E-state index >= 15 is 0 Å². The van der Waals surface area contributed by atoms with Crippen LogP contribution in [0, 0.1) is 5.92 Å². The van der Waals surface area contributed by atoms with Gasteiger partial charge in [-0.3, -0.25) is 24.2 Å². The monoisotopic (exact) mass is 538 g/mol. The number of aliphatic carboxylic acids is 1. The SMILES string of the molecule is CC(C)C(NC(=O)C(Cc1cnc[nH]1)NC(=O)C(N)CCC(N)=O)C(=O)NC(CCCN=C(N)N)C(=O)O. The average Bonchev–Trinajstić information content (AvgIpc) is 3.34. The van der Waals surface area contributed by atoms with Gasteiger partial charge in [-0.1, -0.05) is 13.8 Å². The van der Waals surface area contributed by atoms with Crippen molar-refractivity contribution < 1.29 is 29.1 Å². The maximum atomic E-state index is 13.2. The van der Waals surface area contributed by atoms with Gasteiger partial charge in [0.25, 0.3) is 0 Å². The number of carboxylic acid groups (broad SMARTS) is 1. The summed E-state index contributed by atoms with van der Waals surface area (Å²) in [5.74, 6) is -4.56. The Labute approximate surface area is 219 Å². The maximum absolute atomic E-state index is 13.2. The molecule has 16 nitrogen and oxygen atoms in total. The van der Waals surface area contributed by atoms with Gasteiger partial charge in [-0.25, -0.2) is 9.78 Å². The molecule has 13 N–H and O–H groups in total. The van der Waals surface area contributed by atoms with Crippen LogP contribution in [0.2, 0.25) is 0 Å². The van der Waals surface area contributed by atoms with Gasteiger partial charge in [-0.2, -0.15) is 0 Å². The number of carboxylic acids is 1. The lowest BCUT2D eigenvalue weighted by Gasteiger charge is -2.27. The third kappa shape index (κ3) is 11.7. The van der Waals surface area contributed by atoms with Crippen LogP contribution in [-0.2, 0) is 30.4 Å². The largest absolute Gasteiger partial charge is 0.480 e. The smallest absolute Gasteiger partial charge is 0.326 e. The fourth-order valence-corrected chi connectivity index (χ4v) is 3.34. The fraction of sp³-hybridized carbons (Fsp3) is 0.591. The number of carbonyl (C=O) groups excluding carboxylic acids is 4. The van der Waals surface area contributed by atoms with Crippen LogP contribution in [0.1, 0.15) is 45.2 Å². The molecule has 1 heterocycles. The lowest BCUT2D eigenvalue weighted by molar-refractivity contribution is -0.142. The number of rotatable bonds is 17. The standard InChI is InChI=1S/C22H38N10O6/c1-11(2)17(20(36)30-14(21(37)38)4-3-7-28-22(25)26)32-19(35)15(8-12-9-27-10-29-12)31-18(34)13(23)5-6-16(24)33/h9-11,13-15,17H,3-8,23H2,1-2H3,(H2,24,33)(H,27,29)(H,30,36)(H,31,34)(H,32,35)(H,37,38)(H4,25,26,28). The van der Waals surface area contributed by atoms with Crippen molar-refractivity contribution in [3.63, 3.8) is 0 Å². The normalized spacial score (nSPS) is 14.0. The molecule has 4 amide bonds. The fourth-order valence-electron chi connectivity index (χ4n) is 3.34. The van der Waals surface area contributed by atoms with Gasteiger partial charge in [0, 0.05) is 31.3 Å². The molecule has 0 aliphatic heterocycles. The number of hydrogen-bond donors (Lipinski definition) is 9. The van der Waals surface area contributed by atoms with E-state index in [2.05, 4.69) is 30.9 Å². The highest BCUT2D eigenvalue weighted by Crippen LogP contribution is 2.08. The number of amides is 4. The molecule has 1 aromatic heterocycles. The molecule has 0 aliphatic rings. The van der Waals surface area contributed by atoms with E-state index in [1.165, 1.54) is 12.5 Å². The first-order chi connectivity index (χ1) is 17.8. The molecule has 1 rings (SSSR count). The molecule has 0 saturated carbocycles. The molecule has 0 fully saturated rings. The minimum Gasteiger partial charge on any atom is -0.480 e. The van der Waals surface area contributed by atoms with Gasteiger partial charge in [-0.05, 0) is 25.2 Å². The Morgan fingerprint density at radius 2 is 1.66 bits per heavy atom. The summed E-state index contributed by atoms with van der Waals surface area (Å²) in [6, 6.07) is -4.61. The minimum atomic E-state index is -1.26. The second kappa shape index (κ2) is 15.8. The number of nitrogens with zero attached hydrogens (tertiary/aromatic N) is 2. The lowest BCUT2D eigenvalue weighted by atomic mass is 10.0. The zero-order chi connectivity index (χ0) is 28.8. The Kier molecular flexibility index (Phi) is 13.2. The highest BCUT2D eigenvalue weighted by molar-refractivity contribution is 5.94. The quantitative estimate of drug-likeness (QED) is 0.0543. The number of aliphatic imine (C=N–C) groups is 1. The summed E-state index contributed by atoms with van der Waals surface area (Å²) in [4.78, 5) is 71.9. The molecule has 1 aromatic rings. The van der Waals surface area contributed by atoms with Crippen molar-refractivity contribution in [2.45, 2.75) is 70.1 Å². The van der Waals surface area contributed by atoms with E-state index in [0.717, 1.165) is 0 Å². The lowest BCUT2D eigenvalue weighted by Crippen LogP contribution is -2.59. The first-order valence-corrected chi connectivity index (χ1v) is 12.0. The minimum absolute atomic E-state index is 0.00487. The summed E-state index contributed by atoms with van der Waals surface area (Å²) in [7, 11) is 0. The number of nitrogens with one attached hydrogen (secondary N) is 4. The molecular weight excluding hydrogens is 500 g/mol. The van der Waals surface area contributed by atoms with Crippen molar-refractivity contribution in [3.05, 3.63) is 18.2 Å². The molecule has 4 unspecified atom stereocenters. The van der Waals surface area contributed by atoms with Gasteiger partial charge in [0.2, 0.25) is 23.6 Å². The van der Waals surface area contributed by atoms with E-state index in [0.29, 0.717) is 12.1 Å². The summed E-state index contributed by atoms with van der Waals surface area (Å²) < 4.78 is 0. The molecule has 0 spiro atoms. The van der Waals surface area contributed by atoms with Crippen LogP contribution >= 0.6 is 0 Å². The highest BCUT2D eigenvalue weighted by Gasteiger charge is 2.32. The van der Waals surface area contributed by atoms with Gasteiger partial charge >= 0.3 is 5.97 Å². The van der Waals surface area contributed by atoms with E-state index < -0.39 is 59.7 Å². The summed E-state index contributed by atoms with van der Waals surface area (Å²) in [6.07, 6.45) is 3.07. The first kappa shape index (κ1) is 31.8. The molecule has 16 heteroatoms. The Balaban J connectivity index is 2.96. The molecule has 38 heavy (non-hydrogen) atoms. The third-order valence-corrected chi connectivity index (χ3v) is 5.46. The molecule has 212 valence electrons. The van der Waals surface area contributed by atoms with Crippen molar-refractivity contribution in [1.29, 1.82) is 0 Å². The Hall–Kier alpha value is -4.21. The predicted molar refractivity (Wildman–Crippen MR) is 137 cm³/mol. The van der Waals surface area contributed by atoms with Gasteiger partial charge in [-0.15, -0.1) is 0 Å². The van der Waals surface area contributed by atoms with Crippen LogP contribution in [0.3, 0.4) is 0 Å². The van der Waals surface area contributed by atoms with Crippen molar-refractivity contribution in [2.24, 2.45) is 33.8 Å². The number of aromatic nitrogens is 2. The van der Waals surface area contributed by atoms with Crippen LogP contribution < -0.4 is 38.9 Å².